The van der Waals surface area contributed by atoms with Crippen LogP contribution in [0, 0.1) is 23.2 Å². The van der Waals surface area contributed by atoms with E-state index in [2.05, 4.69) is 91.0 Å². The van der Waals surface area contributed by atoms with Crippen LogP contribution < -0.4 is 0 Å². The Morgan fingerprint density at radius 2 is 1.21 bits per heavy atom. The number of alkyl halides is 9. The van der Waals surface area contributed by atoms with Crippen molar-refractivity contribution in [3.05, 3.63) is 91.0 Å². The molecule has 18 heteroatoms. The maximum absolute atomic E-state index is 13.6. The summed E-state index contributed by atoms with van der Waals surface area (Å²) in [5.41, 5.74) is -2.76. The van der Waals surface area contributed by atoms with Gasteiger partial charge in [0.25, 0.3) is 5.92 Å². The van der Waals surface area contributed by atoms with Gasteiger partial charge < -0.3 is 28.8 Å². The minimum atomic E-state index is -5.96. The second kappa shape index (κ2) is 18.3. The molecule has 1 aliphatic heterocycles. The van der Waals surface area contributed by atoms with Gasteiger partial charge in [-0.2, -0.15) is 30.7 Å². The first-order valence-electron chi connectivity index (χ1n) is 20.0. The van der Waals surface area contributed by atoms with Gasteiger partial charge >= 0.3 is 30.0 Å². The lowest BCUT2D eigenvalue weighted by Crippen LogP contribution is -2.69. The van der Waals surface area contributed by atoms with Gasteiger partial charge in [-0.05, 0) is 81.3 Å². The Morgan fingerprint density at radius 1 is 0.742 bits per heavy atom. The number of carbonyl (C=O) groups is 2. The maximum atomic E-state index is 13.6. The van der Waals surface area contributed by atoms with Crippen LogP contribution in [0.2, 0.25) is 0 Å². The van der Waals surface area contributed by atoms with Crippen molar-refractivity contribution in [2.45, 2.75) is 115 Å². The Balaban J connectivity index is 0.000000278. The number of aliphatic hydroxyl groups is 1. The first-order valence-corrected chi connectivity index (χ1v) is 21.2. The molecule has 3 aromatic carbocycles. The summed E-state index contributed by atoms with van der Waals surface area (Å²) in [4.78, 5) is 28.1. The number of aliphatic hydroxyl groups excluding tert-OH is 1. The standard InChI is InChI=1S/C26H33F9O8.C18H15S/c1-20(27,28)8-17(36)39-10-22(11-40-18(37)9-24(31,32)26(33,34)35)12-41-25(42-13-22)15-3-14-4-16(25)7-23(5-14,6-15)43-19(38)21(2,29)30;1-4-10-16(11-5-1)19(17-12-6-2-7-13-17)18-14-8-3-9-15-18/h14-16,18,37H,3-13H2,1-2H3;1-15H/q;+1. The van der Waals surface area contributed by atoms with Crippen molar-refractivity contribution < 1.29 is 77.9 Å². The molecule has 3 atom stereocenters. The molecule has 0 aromatic heterocycles. The van der Waals surface area contributed by atoms with Crippen LogP contribution in [0.15, 0.2) is 106 Å². The number of hydrogen-bond acceptors (Lipinski definition) is 8. The van der Waals surface area contributed by atoms with Crippen molar-refractivity contribution in [1.82, 2.24) is 0 Å². The van der Waals surface area contributed by atoms with Crippen molar-refractivity contribution in [3.63, 3.8) is 0 Å². The van der Waals surface area contributed by atoms with Crippen molar-refractivity contribution in [1.29, 1.82) is 0 Å². The molecule has 5 fully saturated rings. The van der Waals surface area contributed by atoms with Gasteiger partial charge in [0.15, 0.2) is 26.8 Å². The molecule has 4 saturated carbocycles. The highest BCUT2D eigenvalue weighted by Crippen LogP contribution is 2.64. The molecule has 3 aromatic rings. The van der Waals surface area contributed by atoms with Gasteiger partial charge in [0, 0.05) is 18.8 Å². The zero-order valence-corrected chi connectivity index (χ0v) is 34.7. The van der Waals surface area contributed by atoms with Crippen molar-refractivity contribution in [2.24, 2.45) is 23.2 Å². The number of hydrogen-bond donors (Lipinski definition) is 1. The highest BCUT2D eigenvalue weighted by Gasteiger charge is 2.68. The zero-order valence-electron chi connectivity index (χ0n) is 33.9. The van der Waals surface area contributed by atoms with Crippen LogP contribution in [0.5, 0.6) is 0 Å². The molecule has 4 aliphatic carbocycles. The second-order valence-electron chi connectivity index (χ2n) is 16.9. The van der Waals surface area contributed by atoms with Crippen LogP contribution in [0.1, 0.15) is 58.8 Å². The smallest absolute Gasteiger partial charge is 0.453 e. The summed E-state index contributed by atoms with van der Waals surface area (Å²) in [6.45, 7) is -1.48. The van der Waals surface area contributed by atoms with E-state index in [1.54, 1.807) is 0 Å². The van der Waals surface area contributed by atoms with E-state index in [4.69, 9.17) is 23.7 Å². The van der Waals surface area contributed by atoms with E-state index in [9.17, 15) is 54.2 Å². The van der Waals surface area contributed by atoms with E-state index in [0.29, 0.717) is 33.1 Å². The lowest BCUT2D eigenvalue weighted by molar-refractivity contribution is -0.399. The molecule has 8 rings (SSSR count). The predicted octanol–water partition coefficient (Wildman–Crippen LogP) is 9.79. The quantitative estimate of drug-likeness (QED) is 0.0739. The normalized spacial score (nSPS) is 27.7. The Kier molecular flexibility index (Phi) is 14.1. The number of rotatable bonds is 14. The number of benzene rings is 3. The van der Waals surface area contributed by atoms with Gasteiger partial charge in [0.2, 0.25) is 0 Å². The summed E-state index contributed by atoms with van der Waals surface area (Å²) >= 11 is 0. The third kappa shape index (κ3) is 11.3. The summed E-state index contributed by atoms with van der Waals surface area (Å²) < 4.78 is 146. The van der Waals surface area contributed by atoms with Gasteiger partial charge in [-0.1, -0.05) is 54.6 Å². The summed E-state index contributed by atoms with van der Waals surface area (Å²) in [6.07, 6.45) is -10.3. The van der Waals surface area contributed by atoms with Gasteiger partial charge in [0.05, 0.1) is 42.6 Å². The van der Waals surface area contributed by atoms with Gasteiger partial charge in [-0.15, -0.1) is 0 Å². The van der Waals surface area contributed by atoms with Crippen LogP contribution >= 0.6 is 0 Å². The molecule has 5 aliphatic rings. The van der Waals surface area contributed by atoms with E-state index < -0.39 is 110 Å². The molecule has 3 unspecified atom stereocenters. The molecule has 4 bridgehead atoms. The molecular weight excluding hydrogens is 860 g/mol. The molecule has 1 heterocycles. The van der Waals surface area contributed by atoms with Crippen LogP contribution in [-0.2, 0) is 44.2 Å². The SMILES string of the molecule is CC(F)(F)CC(=O)OCC1(COC(O)CC(F)(F)C(F)(F)F)COC2(OC1)C1CC3CC2CC(OC(=O)C(C)(F)F)(C3)C1.c1ccc([S+](c2ccccc2)c2ccccc2)cc1. The third-order valence-electron chi connectivity index (χ3n) is 11.5. The number of halogens is 9. The molecule has 62 heavy (non-hydrogen) atoms. The minimum absolute atomic E-state index is 0.0146. The van der Waals surface area contributed by atoms with E-state index in [1.807, 2.05) is 0 Å². The average Bonchev–Trinajstić information content (AvgIpc) is 3.19. The zero-order chi connectivity index (χ0) is 45.2. The number of esters is 2. The fourth-order valence-electron chi connectivity index (χ4n) is 8.84. The van der Waals surface area contributed by atoms with Crippen LogP contribution in [0.25, 0.3) is 0 Å². The fourth-order valence-corrected chi connectivity index (χ4v) is 10.9. The van der Waals surface area contributed by atoms with Gasteiger partial charge in [-0.25, -0.2) is 13.6 Å². The Hall–Kier alpha value is -3.84. The Bertz CT molecular complexity index is 1840. The Labute approximate surface area is 355 Å². The number of ether oxygens (including phenoxy) is 5. The van der Waals surface area contributed by atoms with E-state index in [-0.39, 0.29) is 29.7 Å². The molecular formula is C44H48F9O8S+. The first kappa shape index (κ1) is 47.6. The summed E-state index contributed by atoms with van der Waals surface area (Å²) in [5, 5.41) is 9.80. The lowest BCUT2D eigenvalue weighted by Gasteiger charge is -2.65. The predicted molar refractivity (Wildman–Crippen MR) is 205 cm³/mol. The third-order valence-corrected chi connectivity index (χ3v) is 13.7. The largest absolute Gasteiger partial charge is 0.465 e. The van der Waals surface area contributed by atoms with Gasteiger partial charge in [0.1, 0.15) is 18.6 Å². The lowest BCUT2D eigenvalue weighted by atomic mass is 9.51. The molecule has 340 valence electrons. The monoisotopic (exact) mass is 907 g/mol. The molecule has 1 N–H and O–H groups in total. The average molecular weight is 908 g/mol. The minimum Gasteiger partial charge on any atom is -0.465 e. The highest BCUT2D eigenvalue weighted by atomic mass is 32.2. The fraction of sp³-hybridized carbons (Fsp3) is 0.545. The highest BCUT2D eigenvalue weighted by molar-refractivity contribution is 7.97. The van der Waals surface area contributed by atoms with E-state index in [1.165, 1.54) is 14.7 Å². The summed E-state index contributed by atoms with van der Waals surface area (Å²) in [5.74, 6) is -17.6. The van der Waals surface area contributed by atoms with E-state index in [0.717, 1.165) is 0 Å². The van der Waals surface area contributed by atoms with Crippen molar-refractivity contribution in [2.75, 3.05) is 26.4 Å². The number of carbonyl (C=O) groups excluding carboxylic acids is 2. The topological polar surface area (TPSA) is 101 Å². The summed E-state index contributed by atoms with van der Waals surface area (Å²) in [7, 11) is -0.0146. The second-order valence-corrected chi connectivity index (χ2v) is 19.0. The van der Waals surface area contributed by atoms with Crippen LogP contribution in [-0.4, -0.2) is 85.1 Å². The first-order chi connectivity index (χ1) is 28.9. The molecule has 0 radical (unpaired) electrons. The Morgan fingerprint density at radius 3 is 1.63 bits per heavy atom. The van der Waals surface area contributed by atoms with Crippen molar-refractivity contribution in [3.8, 4) is 0 Å². The van der Waals surface area contributed by atoms with E-state index >= 15 is 0 Å². The van der Waals surface area contributed by atoms with Crippen molar-refractivity contribution >= 4 is 22.8 Å². The molecule has 1 spiro atoms. The van der Waals surface area contributed by atoms with Crippen LogP contribution in [0.4, 0.5) is 39.5 Å². The molecule has 8 nitrogen and oxygen atoms in total. The van der Waals surface area contributed by atoms with Crippen LogP contribution in [0.3, 0.4) is 0 Å². The molecule has 1 saturated heterocycles. The maximum Gasteiger partial charge on any atom is 0.453 e. The summed E-state index contributed by atoms with van der Waals surface area (Å²) in [6, 6.07) is 32.2. The van der Waals surface area contributed by atoms with Gasteiger partial charge in [-0.3, -0.25) is 4.79 Å². The molecule has 0 amide bonds.